The number of carbonyl (C=O) groups is 1. The Kier molecular flexibility index (Phi) is 7.35. The van der Waals surface area contributed by atoms with Crippen LogP contribution >= 0.6 is 23.1 Å². The molecule has 1 heterocycles. The first-order valence-corrected chi connectivity index (χ1v) is 13.7. The topological polar surface area (TPSA) is 88.2 Å². The van der Waals surface area contributed by atoms with Crippen LogP contribution < -0.4 is 10.0 Å². The number of aromatic nitrogens is 1. The fourth-order valence-electron chi connectivity index (χ4n) is 3.15. The lowest BCUT2D eigenvalue weighted by Crippen LogP contribution is -2.19. The van der Waals surface area contributed by atoms with Crippen LogP contribution in [-0.2, 0) is 14.8 Å². The smallest absolute Gasteiger partial charge is 0.261 e. The molecule has 1 atom stereocenters. The Morgan fingerprint density at radius 3 is 2.24 bits per heavy atom. The lowest BCUT2D eigenvalue weighted by atomic mass is 10.1. The van der Waals surface area contributed by atoms with Gasteiger partial charge < -0.3 is 5.32 Å². The fourth-order valence-corrected chi connectivity index (χ4v) is 5.93. The second kappa shape index (κ2) is 10.4. The highest BCUT2D eigenvalue weighted by atomic mass is 32.2. The molecule has 6 nitrogen and oxygen atoms in total. The van der Waals surface area contributed by atoms with E-state index in [1.165, 1.54) is 23.1 Å². The number of nitrogens with one attached hydrogen (secondary N) is 2. The third-order valence-electron chi connectivity index (χ3n) is 4.88. The largest absolute Gasteiger partial charge is 0.301 e. The Bertz CT molecular complexity index is 1370. The van der Waals surface area contributed by atoms with Crippen molar-refractivity contribution in [3.05, 3.63) is 101 Å². The third-order valence-corrected chi connectivity index (χ3v) is 8.42. The van der Waals surface area contributed by atoms with E-state index in [0.29, 0.717) is 10.8 Å². The minimum absolute atomic E-state index is 0.172. The minimum Gasteiger partial charge on any atom is -0.301 e. The van der Waals surface area contributed by atoms with Gasteiger partial charge in [0.15, 0.2) is 5.13 Å². The number of sulfonamides is 1. The van der Waals surface area contributed by atoms with Crippen LogP contribution in [0, 0.1) is 13.8 Å². The van der Waals surface area contributed by atoms with E-state index in [1.54, 1.807) is 48.5 Å². The maximum absolute atomic E-state index is 13.1. The van der Waals surface area contributed by atoms with Crippen LogP contribution in [-0.4, -0.2) is 19.3 Å². The van der Waals surface area contributed by atoms with E-state index in [4.69, 9.17) is 0 Å². The van der Waals surface area contributed by atoms with Crippen molar-refractivity contribution < 1.29 is 13.2 Å². The molecule has 0 saturated heterocycles. The fraction of sp³-hybridized carbons (Fsp3) is 0.120. The highest BCUT2D eigenvalue weighted by Crippen LogP contribution is 2.37. The summed E-state index contributed by atoms with van der Waals surface area (Å²) in [5, 5.41) is 4.85. The highest BCUT2D eigenvalue weighted by Gasteiger charge is 2.23. The first kappa shape index (κ1) is 24.0. The van der Waals surface area contributed by atoms with Crippen molar-refractivity contribution in [3.63, 3.8) is 0 Å². The van der Waals surface area contributed by atoms with Gasteiger partial charge in [0.1, 0.15) is 5.25 Å². The van der Waals surface area contributed by atoms with Gasteiger partial charge in [-0.15, -0.1) is 23.1 Å². The number of carbonyl (C=O) groups excluding carboxylic acids is 1. The number of hydrogen-bond acceptors (Lipinski definition) is 6. The molecule has 4 rings (SSSR count). The van der Waals surface area contributed by atoms with Crippen LogP contribution in [0.2, 0.25) is 0 Å². The number of hydrogen-bond donors (Lipinski definition) is 2. The number of anilines is 2. The third kappa shape index (κ3) is 6.05. The maximum atomic E-state index is 13.1. The van der Waals surface area contributed by atoms with E-state index in [9.17, 15) is 13.2 Å². The molecule has 0 aliphatic carbocycles. The van der Waals surface area contributed by atoms with Gasteiger partial charge in [0.2, 0.25) is 5.91 Å². The summed E-state index contributed by atoms with van der Waals surface area (Å²) in [6.07, 6.45) is 0. The molecule has 0 saturated carbocycles. The lowest BCUT2D eigenvalue weighted by Gasteiger charge is -2.16. The first-order valence-electron chi connectivity index (χ1n) is 10.4. The molecule has 1 unspecified atom stereocenters. The summed E-state index contributed by atoms with van der Waals surface area (Å²) < 4.78 is 27.9. The van der Waals surface area contributed by atoms with Gasteiger partial charge in [0.05, 0.1) is 10.6 Å². The molecule has 2 N–H and O–H groups in total. The standard InChI is InChI=1S/C25H23N3O3S3/c1-17-8-14-22(15-9-17)34(30,31)28-20-10-12-21(13-11-20)33-23(19-6-4-3-5-7-19)24(29)27-25-26-18(2)16-32-25/h3-16,23,28H,1-2H3,(H,26,27,29). The normalized spacial score (nSPS) is 12.2. The summed E-state index contributed by atoms with van der Waals surface area (Å²) in [5.74, 6) is -0.172. The molecule has 4 aromatic rings. The number of thiazole rings is 1. The average Bonchev–Trinajstić information content (AvgIpc) is 3.23. The zero-order valence-electron chi connectivity index (χ0n) is 18.6. The molecule has 0 spiro atoms. The number of thioether (sulfide) groups is 1. The van der Waals surface area contributed by atoms with Crippen molar-refractivity contribution in [2.24, 2.45) is 0 Å². The molecule has 0 aliphatic heterocycles. The second-order valence-corrected chi connectivity index (χ2v) is 11.4. The Balaban J connectivity index is 1.50. The average molecular weight is 510 g/mol. The summed E-state index contributed by atoms with van der Waals surface area (Å²) in [6, 6.07) is 23.2. The Hall–Kier alpha value is -3.14. The van der Waals surface area contributed by atoms with Gasteiger partial charge in [-0.1, -0.05) is 48.0 Å². The molecule has 0 radical (unpaired) electrons. The number of rotatable bonds is 8. The van der Waals surface area contributed by atoms with E-state index in [2.05, 4.69) is 15.0 Å². The van der Waals surface area contributed by atoms with Crippen LogP contribution in [0.25, 0.3) is 0 Å². The van der Waals surface area contributed by atoms with E-state index in [0.717, 1.165) is 21.7 Å². The van der Waals surface area contributed by atoms with Crippen LogP contribution in [0.1, 0.15) is 22.1 Å². The lowest BCUT2D eigenvalue weighted by molar-refractivity contribution is -0.115. The number of aryl methyl sites for hydroxylation is 2. The predicted molar refractivity (Wildman–Crippen MR) is 139 cm³/mol. The Labute approximate surface area is 207 Å². The molecule has 34 heavy (non-hydrogen) atoms. The minimum atomic E-state index is -3.68. The van der Waals surface area contributed by atoms with E-state index >= 15 is 0 Å². The van der Waals surface area contributed by atoms with Gasteiger partial charge in [0.25, 0.3) is 10.0 Å². The molecule has 0 fully saturated rings. The summed E-state index contributed by atoms with van der Waals surface area (Å²) in [5.41, 5.74) is 3.15. The van der Waals surface area contributed by atoms with Crippen LogP contribution in [0.5, 0.6) is 0 Å². The van der Waals surface area contributed by atoms with Crippen LogP contribution in [0.4, 0.5) is 10.8 Å². The summed E-state index contributed by atoms with van der Waals surface area (Å²) in [7, 11) is -3.68. The molecule has 0 bridgehead atoms. The SMILES string of the molecule is Cc1ccc(S(=O)(=O)Nc2ccc(SC(C(=O)Nc3nc(C)cs3)c3ccccc3)cc2)cc1. The van der Waals surface area contributed by atoms with Crippen molar-refractivity contribution in [3.8, 4) is 0 Å². The molecule has 0 aliphatic rings. The van der Waals surface area contributed by atoms with E-state index in [1.807, 2.05) is 49.6 Å². The number of amides is 1. The van der Waals surface area contributed by atoms with Crippen LogP contribution in [0.15, 0.2) is 94.0 Å². The number of benzene rings is 3. The molecule has 1 aromatic heterocycles. The summed E-state index contributed by atoms with van der Waals surface area (Å²) >= 11 is 2.77. The molecule has 3 aromatic carbocycles. The molecule has 174 valence electrons. The molecular weight excluding hydrogens is 486 g/mol. The van der Waals surface area contributed by atoms with Crippen molar-refractivity contribution in [2.75, 3.05) is 10.0 Å². The van der Waals surface area contributed by atoms with Crippen molar-refractivity contribution in [2.45, 2.75) is 28.9 Å². The summed E-state index contributed by atoms with van der Waals surface area (Å²) in [6.45, 7) is 3.78. The maximum Gasteiger partial charge on any atom is 0.261 e. The summed E-state index contributed by atoms with van der Waals surface area (Å²) in [4.78, 5) is 18.5. The highest BCUT2D eigenvalue weighted by molar-refractivity contribution is 8.00. The quantitative estimate of drug-likeness (QED) is 0.283. The van der Waals surface area contributed by atoms with Crippen molar-refractivity contribution >= 4 is 49.8 Å². The van der Waals surface area contributed by atoms with Gasteiger partial charge in [0, 0.05) is 16.0 Å². The monoisotopic (exact) mass is 509 g/mol. The Morgan fingerprint density at radius 2 is 1.62 bits per heavy atom. The van der Waals surface area contributed by atoms with Crippen molar-refractivity contribution in [1.29, 1.82) is 0 Å². The zero-order chi connectivity index (χ0) is 24.1. The first-order chi connectivity index (χ1) is 16.3. The van der Waals surface area contributed by atoms with Crippen molar-refractivity contribution in [1.82, 2.24) is 4.98 Å². The molecule has 1 amide bonds. The van der Waals surface area contributed by atoms with Gasteiger partial charge in [-0.25, -0.2) is 13.4 Å². The molecular formula is C25H23N3O3S3. The zero-order valence-corrected chi connectivity index (χ0v) is 21.0. The van der Waals surface area contributed by atoms with E-state index in [-0.39, 0.29) is 10.8 Å². The van der Waals surface area contributed by atoms with Gasteiger partial charge in [-0.2, -0.15) is 0 Å². The van der Waals surface area contributed by atoms with Crippen LogP contribution in [0.3, 0.4) is 0 Å². The second-order valence-electron chi connectivity index (χ2n) is 7.63. The van der Waals surface area contributed by atoms with E-state index < -0.39 is 15.3 Å². The molecule has 9 heteroatoms. The van der Waals surface area contributed by atoms with Gasteiger partial charge in [-0.3, -0.25) is 9.52 Å². The number of nitrogens with zero attached hydrogens (tertiary/aromatic N) is 1. The van der Waals surface area contributed by atoms with Gasteiger partial charge in [-0.05, 0) is 55.8 Å². The predicted octanol–water partition coefficient (Wildman–Crippen LogP) is 6.03. The Morgan fingerprint density at radius 1 is 0.941 bits per heavy atom. The van der Waals surface area contributed by atoms with Gasteiger partial charge >= 0.3 is 0 Å².